The van der Waals surface area contributed by atoms with Crippen molar-refractivity contribution in [2.75, 3.05) is 6.54 Å². The molecule has 0 aliphatic heterocycles. The number of allylic oxidation sites excluding steroid dienone is 4. The molecule has 0 spiro atoms. The van der Waals surface area contributed by atoms with E-state index in [-0.39, 0.29) is 0 Å². The molecule has 0 fully saturated rings. The topological polar surface area (TPSA) is 12.0 Å². The van der Waals surface area contributed by atoms with Crippen molar-refractivity contribution in [3.63, 3.8) is 0 Å². The first kappa shape index (κ1) is 11.5. The van der Waals surface area contributed by atoms with Gasteiger partial charge in [-0.1, -0.05) is 23.3 Å². The van der Waals surface area contributed by atoms with Gasteiger partial charge in [-0.3, -0.25) is 0 Å². The highest BCUT2D eigenvalue weighted by atomic mass is 14.9. The lowest BCUT2D eigenvalue weighted by Gasteiger charge is -2.16. The summed E-state index contributed by atoms with van der Waals surface area (Å²) in [6.45, 7) is 3.32. The Kier molecular flexibility index (Phi) is 4.26. The summed E-state index contributed by atoms with van der Waals surface area (Å²) >= 11 is 0. The molecule has 0 saturated heterocycles. The van der Waals surface area contributed by atoms with E-state index in [0.29, 0.717) is 0 Å². The van der Waals surface area contributed by atoms with E-state index in [4.69, 9.17) is 0 Å². The van der Waals surface area contributed by atoms with Gasteiger partial charge in [0.1, 0.15) is 0 Å². The first-order chi connectivity index (χ1) is 7.84. The smallest absolute Gasteiger partial charge is 0.0299 e. The van der Waals surface area contributed by atoms with E-state index in [9.17, 15) is 0 Å². The van der Waals surface area contributed by atoms with Crippen LogP contribution in [0.15, 0.2) is 35.1 Å². The van der Waals surface area contributed by atoms with Gasteiger partial charge < -0.3 is 5.32 Å². The molecule has 88 valence electrons. The molecule has 0 saturated carbocycles. The maximum absolute atomic E-state index is 3.54. The lowest BCUT2D eigenvalue weighted by atomic mass is 9.97. The van der Waals surface area contributed by atoms with E-state index < -0.39 is 0 Å². The third-order valence-corrected chi connectivity index (χ3v) is 3.47. The molecule has 0 aromatic carbocycles. The summed E-state index contributed by atoms with van der Waals surface area (Å²) in [5.74, 6) is 0. The van der Waals surface area contributed by atoms with E-state index in [1.54, 1.807) is 5.57 Å². The van der Waals surface area contributed by atoms with Gasteiger partial charge in [0.25, 0.3) is 0 Å². The lowest BCUT2D eigenvalue weighted by Crippen LogP contribution is -2.16. The van der Waals surface area contributed by atoms with Gasteiger partial charge in [0, 0.05) is 12.2 Å². The Morgan fingerprint density at radius 1 is 1.12 bits per heavy atom. The van der Waals surface area contributed by atoms with Crippen molar-refractivity contribution >= 4 is 0 Å². The van der Waals surface area contributed by atoms with Gasteiger partial charge in [-0.05, 0) is 57.9 Å². The van der Waals surface area contributed by atoms with Crippen LogP contribution in [0.2, 0.25) is 0 Å². The summed E-state index contributed by atoms with van der Waals surface area (Å²) in [5.41, 5.74) is 4.50. The fourth-order valence-corrected chi connectivity index (χ4v) is 2.47. The normalized spacial score (nSPS) is 20.9. The Labute approximate surface area is 99.3 Å². The second kappa shape index (κ2) is 5.93. The Balaban J connectivity index is 1.71. The average Bonchev–Trinajstić information content (AvgIpc) is 2.30. The summed E-state index contributed by atoms with van der Waals surface area (Å²) in [4.78, 5) is 0. The first-order valence-corrected chi connectivity index (χ1v) is 6.64. The Morgan fingerprint density at radius 3 is 2.81 bits per heavy atom. The van der Waals surface area contributed by atoms with Crippen molar-refractivity contribution in [1.29, 1.82) is 0 Å². The van der Waals surface area contributed by atoms with Crippen LogP contribution in [0, 0.1) is 0 Å². The molecular formula is C15H23N. The molecule has 0 unspecified atom stereocenters. The Morgan fingerprint density at radius 2 is 2.06 bits per heavy atom. The maximum atomic E-state index is 3.54. The summed E-state index contributed by atoms with van der Waals surface area (Å²) in [7, 11) is 0. The second-order valence-corrected chi connectivity index (χ2v) is 4.97. The van der Waals surface area contributed by atoms with Crippen LogP contribution < -0.4 is 5.32 Å². The molecule has 0 amide bonds. The largest absolute Gasteiger partial charge is 0.385 e. The molecule has 1 heteroatoms. The summed E-state index contributed by atoms with van der Waals surface area (Å²) in [6, 6.07) is 0. The van der Waals surface area contributed by atoms with Crippen LogP contribution in [-0.4, -0.2) is 6.54 Å². The fraction of sp³-hybridized carbons (Fsp3) is 0.600. The molecule has 0 aromatic heterocycles. The van der Waals surface area contributed by atoms with Crippen molar-refractivity contribution in [2.24, 2.45) is 0 Å². The molecule has 2 aliphatic carbocycles. The molecule has 0 aromatic rings. The van der Waals surface area contributed by atoms with Gasteiger partial charge >= 0.3 is 0 Å². The highest BCUT2D eigenvalue weighted by molar-refractivity contribution is 5.25. The molecule has 2 aliphatic rings. The third-order valence-electron chi connectivity index (χ3n) is 3.47. The van der Waals surface area contributed by atoms with Crippen molar-refractivity contribution in [2.45, 2.75) is 51.9 Å². The SMILES string of the molecule is CC1=CC(NCCC2=CCCCC2)=CCC1. The summed E-state index contributed by atoms with van der Waals surface area (Å²) in [6.07, 6.45) is 16.1. The molecule has 0 bridgehead atoms. The minimum Gasteiger partial charge on any atom is -0.385 e. The van der Waals surface area contributed by atoms with Crippen LogP contribution in [-0.2, 0) is 0 Å². The average molecular weight is 217 g/mol. The fourth-order valence-electron chi connectivity index (χ4n) is 2.47. The molecule has 1 nitrogen and oxygen atoms in total. The van der Waals surface area contributed by atoms with Crippen molar-refractivity contribution in [3.05, 3.63) is 35.1 Å². The van der Waals surface area contributed by atoms with E-state index in [0.717, 1.165) is 6.54 Å². The minimum atomic E-state index is 1.10. The first-order valence-electron chi connectivity index (χ1n) is 6.64. The quantitative estimate of drug-likeness (QED) is 0.699. The van der Waals surface area contributed by atoms with Crippen molar-refractivity contribution in [1.82, 2.24) is 5.32 Å². The van der Waals surface area contributed by atoms with E-state index >= 15 is 0 Å². The lowest BCUT2D eigenvalue weighted by molar-refractivity contribution is 0.660. The summed E-state index contributed by atoms with van der Waals surface area (Å²) in [5, 5.41) is 3.54. The standard InChI is InChI=1S/C15H23N/c1-13-6-5-9-15(12-13)16-11-10-14-7-3-2-4-8-14/h7,9,12,16H,2-6,8,10-11H2,1H3. The molecule has 0 radical (unpaired) electrons. The molecule has 16 heavy (non-hydrogen) atoms. The van der Waals surface area contributed by atoms with E-state index in [1.165, 1.54) is 56.2 Å². The monoisotopic (exact) mass is 217 g/mol. The number of nitrogens with one attached hydrogen (secondary N) is 1. The van der Waals surface area contributed by atoms with Gasteiger partial charge in [-0.2, -0.15) is 0 Å². The Bertz CT molecular complexity index is 320. The predicted octanol–water partition coefficient (Wildman–Crippen LogP) is 4.09. The molecule has 0 atom stereocenters. The van der Waals surface area contributed by atoms with Crippen molar-refractivity contribution < 1.29 is 0 Å². The third kappa shape index (κ3) is 3.55. The van der Waals surface area contributed by atoms with E-state index in [2.05, 4.69) is 30.5 Å². The van der Waals surface area contributed by atoms with Gasteiger partial charge in [0.15, 0.2) is 0 Å². The van der Waals surface area contributed by atoms with Crippen LogP contribution in [0.3, 0.4) is 0 Å². The van der Waals surface area contributed by atoms with E-state index in [1.807, 2.05) is 0 Å². The van der Waals surface area contributed by atoms with Crippen LogP contribution in [0.1, 0.15) is 51.9 Å². The van der Waals surface area contributed by atoms with Crippen LogP contribution >= 0.6 is 0 Å². The predicted molar refractivity (Wildman–Crippen MR) is 70.2 cm³/mol. The number of hydrogen-bond acceptors (Lipinski definition) is 1. The molecule has 2 rings (SSSR count). The zero-order chi connectivity index (χ0) is 11.2. The van der Waals surface area contributed by atoms with Crippen molar-refractivity contribution in [3.8, 4) is 0 Å². The van der Waals surface area contributed by atoms with Crippen LogP contribution in [0.5, 0.6) is 0 Å². The van der Waals surface area contributed by atoms with Gasteiger partial charge in [-0.25, -0.2) is 0 Å². The molecule has 1 N–H and O–H groups in total. The van der Waals surface area contributed by atoms with Crippen LogP contribution in [0.25, 0.3) is 0 Å². The zero-order valence-corrected chi connectivity index (χ0v) is 10.4. The highest BCUT2D eigenvalue weighted by Crippen LogP contribution is 2.20. The number of rotatable bonds is 4. The van der Waals surface area contributed by atoms with Gasteiger partial charge in [0.2, 0.25) is 0 Å². The van der Waals surface area contributed by atoms with Crippen LogP contribution in [0.4, 0.5) is 0 Å². The summed E-state index contributed by atoms with van der Waals surface area (Å²) < 4.78 is 0. The highest BCUT2D eigenvalue weighted by Gasteiger charge is 2.04. The maximum Gasteiger partial charge on any atom is 0.0299 e. The zero-order valence-electron chi connectivity index (χ0n) is 10.4. The molecule has 0 heterocycles. The minimum absolute atomic E-state index is 1.10. The number of hydrogen-bond donors (Lipinski definition) is 1. The molecular weight excluding hydrogens is 194 g/mol. The van der Waals surface area contributed by atoms with Gasteiger partial charge in [-0.15, -0.1) is 0 Å². The second-order valence-electron chi connectivity index (χ2n) is 4.97. The Hall–Kier alpha value is -0.980. The van der Waals surface area contributed by atoms with Gasteiger partial charge in [0.05, 0.1) is 0 Å².